The van der Waals surface area contributed by atoms with Crippen LogP contribution in [0.25, 0.3) is 11.3 Å². The Hall–Kier alpha value is -3.70. The topological polar surface area (TPSA) is 115 Å². The van der Waals surface area contributed by atoms with Crippen molar-refractivity contribution in [1.82, 2.24) is 24.8 Å². The number of aldehydes is 1. The summed E-state index contributed by atoms with van der Waals surface area (Å²) in [5.74, 6) is -0.800. The summed E-state index contributed by atoms with van der Waals surface area (Å²) < 4.78 is 20.8. The molecule has 4 rings (SSSR count). The van der Waals surface area contributed by atoms with Gasteiger partial charge in [-0.3, -0.25) is 19.2 Å². The molecule has 0 aliphatic carbocycles. The van der Waals surface area contributed by atoms with Crippen LogP contribution in [0, 0.1) is 15.9 Å². The highest BCUT2D eigenvalue weighted by Crippen LogP contribution is 2.22. The predicted molar refractivity (Wildman–Crippen MR) is 129 cm³/mol. The molecular formula is C24H29FN6O4. The molecule has 1 aliphatic rings. The molecule has 0 unspecified atom stereocenters. The van der Waals surface area contributed by atoms with E-state index in [4.69, 9.17) is 4.74 Å². The lowest BCUT2D eigenvalue weighted by Crippen LogP contribution is -2.33. The first kappa shape index (κ1) is 25.9. The van der Waals surface area contributed by atoms with E-state index in [2.05, 4.69) is 34.0 Å². The zero-order chi connectivity index (χ0) is 25.4. The van der Waals surface area contributed by atoms with Gasteiger partial charge in [0.2, 0.25) is 0 Å². The maximum atomic E-state index is 13.6. The lowest BCUT2D eigenvalue weighted by molar-refractivity contribution is -0.389. The van der Waals surface area contributed by atoms with Gasteiger partial charge in [0, 0.05) is 42.8 Å². The van der Waals surface area contributed by atoms with Crippen molar-refractivity contribution in [1.29, 1.82) is 0 Å². The molecule has 3 heterocycles. The molecule has 3 aromatic rings. The summed E-state index contributed by atoms with van der Waals surface area (Å²) in [5.41, 5.74) is 2.10. The number of carbonyl (C=O) groups is 1. The number of aromatic nitrogens is 3. The molecule has 0 fully saturated rings. The van der Waals surface area contributed by atoms with Gasteiger partial charge in [0.1, 0.15) is 18.6 Å². The van der Waals surface area contributed by atoms with Crippen molar-refractivity contribution < 1.29 is 18.8 Å². The summed E-state index contributed by atoms with van der Waals surface area (Å²) in [5, 5.41) is 13.9. The molecule has 10 nitrogen and oxygen atoms in total. The highest BCUT2D eigenvalue weighted by molar-refractivity contribution is 5.78. The average molecular weight is 485 g/mol. The smallest absolute Gasteiger partial charge is 0.414 e. The lowest BCUT2D eigenvalue weighted by atomic mass is 10.1. The quantitative estimate of drug-likeness (QED) is 0.322. The largest absolute Gasteiger partial charge is 0.444 e. The minimum atomic E-state index is -0.565. The third-order valence-electron chi connectivity index (χ3n) is 5.40. The van der Waals surface area contributed by atoms with Crippen LogP contribution in [0.2, 0.25) is 0 Å². The van der Waals surface area contributed by atoms with E-state index in [9.17, 15) is 19.3 Å². The predicted octanol–water partition coefficient (Wildman–Crippen LogP) is 3.31. The van der Waals surface area contributed by atoms with E-state index in [1.807, 2.05) is 19.2 Å². The van der Waals surface area contributed by atoms with Gasteiger partial charge >= 0.3 is 11.8 Å². The fourth-order valence-electron chi connectivity index (χ4n) is 3.29. The van der Waals surface area contributed by atoms with Crippen molar-refractivity contribution in [2.45, 2.75) is 33.0 Å². The van der Waals surface area contributed by atoms with Gasteiger partial charge in [-0.2, -0.15) is 0 Å². The van der Waals surface area contributed by atoms with Crippen LogP contribution in [0.15, 0.2) is 42.6 Å². The number of benzene rings is 1. The third kappa shape index (κ3) is 7.14. The number of nitrogens with one attached hydrogen (secondary N) is 1. The van der Waals surface area contributed by atoms with Crippen molar-refractivity contribution in [2.75, 3.05) is 26.7 Å². The molecule has 0 saturated heterocycles. The Morgan fingerprint density at radius 2 is 2.00 bits per heavy atom. The Morgan fingerprint density at radius 1 is 1.23 bits per heavy atom. The van der Waals surface area contributed by atoms with Crippen LogP contribution < -0.4 is 10.1 Å². The first-order chi connectivity index (χ1) is 16.8. The highest BCUT2D eigenvalue weighted by atomic mass is 19.1. The lowest BCUT2D eigenvalue weighted by Gasteiger charge is -2.24. The van der Waals surface area contributed by atoms with Gasteiger partial charge in [-0.1, -0.05) is 19.9 Å². The number of nitrogens with zero attached hydrogens (tertiary/aromatic N) is 5. The number of fused-ring (bicyclic) bond motifs is 1. The summed E-state index contributed by atoms with van der Waals surface area (Å²) in [7, 11) is 1.95. The van der Waals surface area contributed by atoms with E-state index in [-0.39, 0.29) is 17.4 Å². The summed E-state index contributed by atoms with van der Waals surface area (Å²) >= 11 is 0. The molecule has 11 heteroatoms. The summed E-state index contributed by atoms with van der Waals surface area (Å²) in [6.07, 6.45) is 1.86. The average Bonchev–Trinajstić information content (AvgIpc) is 3.24. The molecular weight excluding hydrogens is 455 g/mol. The maximum Gasteiger partial charge on any atom is 0.414 e. The minimum absolute atomic E-state index is 0.00847. The van der Waals surface area contributed by atoms with Gasteiger partial charge in [-0.25, -0.2) is 4.39 Å². The van der Waals surface area contributed by atoms with E-state index in [1.165, 1.54) is 18.3 Å². The van der Waals surface area contributed by atoms with E-state index in [0.29, 0.717) is 56.4 Å². The molecule has 1 aliphatic heterocycles. The van der Waals surface area contributed by atoms with Crippen LogP contribution in [-0.4, -0.2) is 63.4 Å². The summed E-state index contributed by atoms with van der Waals surface area (Å²) in [4.78, 5) is 32.0. The van der Waals surface area contributed by atoms with Gasteiger partial charge in [-0.05, 0) is 42.3 Å². The number of carbonyl (C=O) groups excluding carboxylic acids is 1. The van der Waals surface area contributed by atoms with E-state index >= 15 is 0 Å². The van der Waals surface area contributed by atoms with Gasteiger partial charge < -0.3 is 20.2 Å². The second-order valence-corrected chi connectivity index (χ2v) is 8.27. The number of halogens is 1. The van der Waals surface area contributed by atoms with Gasteiger partial charge in [0.25, 0.3) is 0 Å². The first-order valence-corrected chi connectivity index (χ1v) is 11.3. The zero-order valence-corrected chi connectivity index (χ0v) is 20.0. The van der Waals surface area contributed by atoms with Gasteiger partial charge in [0.15, 0.2) is 6.29 Å². The Morgan fingerprint density at radius 3 is 2.69 bits per heavy atom. The number of pyridine rings is 1. The molecule has 0 bridgehead atoms. The molecule has 0 radical (unpaired) electrons. The van der Waals surface area contributed by atoms with Crippen LogP contribution in [-0.2, 0) is 13.1 Å². The molecule has 186 valence electrons. The number of imidazole rings is 1. The molecule has 1 aromatic carbocycles. The number of ether oxygens (including phenoxy) is 1. The molecule has 0 spiro atoms. The fraction of sp³-hybridized carbons (Fsp3) is 0.375. The van der Waals surface area contributed by atoms with Crippen LogP contribution in [0.5, 0.6) is 6.01 Å². The van der Waals surface area contributed by atoms with Crippen molar-refractivity contribution in [2.24, 2.45) is 0 Å². The molecule has 1 N–H and O–H groups in total. The SMILES string of the molecule is CNC(C)C.O=Cc1cc(-c2cccc(CN3CCOc4nc([N+](=O)[O-])cn4CC3)n2)ccc1F. The Bertz CT molecular complexity index is 1170. The second-order valence-electron chi connectivity index (χ2n) is 8.27. The molecule has 0 amide bonds. The van der Waals surface area contributed by atoms with Crippen molar-refractivity contribution in [3.8, 4) is 17.3 Å². The number of hydrogen-bond donors (Lipinski definition) is 1. The summed E-state index contributed by atoms with van der Waals surface area (Å²) in [6, 6.07) is 10.8. The monoisotopic (exact) mass is 484 g/mol. The van der Waals surface area contributed by atoms with E-state index in [1.54, 1.807) is 16.7 Å². The van der Waals surface area contributed by atoms with Crippen LogP contribution in [0.4, 0.5) is 10.2 Å². The summed E-state index contributed by atoms with van der Waals surface area (Å²) in [6.45, 7) is 6.86. The van der Waals surface area contributed by atoms with Gasteiger partial charge in [-0.15, -0.1) is 0 Å². The van der Waals surface area contributed by atoms with Crippen LogP contribution in [0.1, 0.15) is 29.9 Å². The molecule has 2 aromatic heterocycles. The van der Waals surface area contributed by atoms with Crippen molar-refractivity contribution in [3.05, 3.63) is 69.8 Å². The Labute approximate surface area is 202 Å². The maximum absolute atomic E-state index is 13.6. The van der Waals surface area contributed by atoms with Gasteiger partial charge in [0.05, 0.1) is 17.0 Å². The van der Waals surface area contributed by atoms with Crippen LogP contribution >= 0.6 is 0 Å². The van der Waals surface area contributed by atoms with Crippen molar-refractivity contribution >= 4 is 12.1 Å². The number of nitro groups is 1. The Balaban J connectivity index is 0.000000623. The highest BCUT2D eigenvalue weighted by Gasteiger charge is 2.23. The van der Waals surface area contributed by atoms with E-state index in [0.717, 1.165) is 5.69 Å². The van der Waals surface area contributed by atoms with Crippen molar-refractivity contribution in [3.63, 3.8) is 0 Å². The normalized spacial score (nSPS) is 13.6. The van der Waals surface area contributed by atoms with E-state index < -0.39 is 10.7 Å². The molecule has 35 heavy (non-hydrogen) atoms. The number of hydrogen-bond acceptors (Lipinski definition) is 8. The minimum Gasteiger partial charge on any atom is -0.444 e. The Kier molecular flexibility index (Phi) is 8.98. The second kappa shape index (κ2) is 12.1. The molecule has 0 atom stereocenters. The fourth-order valence-corrected chi connectivity index (χ4v) is 3.29. The third-order valence-corrected chi connectivity index (χ3v) is 5.40. The molecule has 0 saturated carbocycles. The zero-order valence-electron chi connectivity index (χ0n) is 20.0. The number of rotatable bonds is 6. The standard InChI is InChI=1S/C20H18FN5O4.C4H11N/c21-17-5-4-14(10-15(17)13-27)18-3-1-2-16(22-18)11-24-6-7-25-12-19(26(28)29)23-20(25)30-9-8-24;1-4(2)5-3/h1-5,10,12-13H,6-9,11H2;4-5H,1-3H3. The van der Waals surface area contributed by atoms with Crippen LogP contribution in [0.3, 0.4) is 0 Å². The first-order valence-electron chi connectivity index (χ1n) is 11.3.